The van der Waals surface area contributed by atoms with Gasteiger partial charge in [0.15, 0.2) is 0 Å². The van der Waals surface area contributed by atoms with E-state index < -0.39 is 11.7 Å². The van der Waals surface area contributed by atoms with Gasteiger partial charge < -0.3 is 24.1 Å². The summed E-state index contributed by atoms with van der Waals surface area (Å²) in [6.07, 6.45) is -0.262. The monoisotopic (exact) mass is 248 g/mol. The number of aliphatic hydroxyl groups is 1. The van der Waals surface area contributed by atoms with E-state index in [1.807, 2.05) is 0 Å². The van der Waals surface area contributed by atoms with E-state index in [1.54, 1.807) is 35.4 Å². The maximum atomic E-state index is 10.4. The molecule has 5 atom stereocenters. The molecule has 1 fully saturated rings. The van der Waals surface area contributed by atoms with Crippen LogP contribution >= 0.6 is 0 Å². The Morgan fingerprint density at radius 3 is 2.06 bits per heavy atom. The van der Waals surface area contributed by atoms with Crippen molar-refractivity contribution in [1.29, 1.82) is 0 Å². The van der Waals surface area contributed by atoms with Crippen LogP contribution in [0, 0.1) is 5.92 Å². The van der Waals surface area contributed by atoms with Crippen LogP contribution < -0.4 is 0 Å². The number of rotatable bonds is 5. The molecule has 5 nitrogen and oxygen atoms in total. The molecule has 1 N–H and O–H groups in total. The molecule has 0 aromatic rings. The Morgan fingerprint density at radius 2 is 1.65 bits per heavy atom. The van der Waals surface area contributed by atoms with Crippen LogP contribution in [0.3, 0.4) is 0 Å². The largest absolute Gasteiger partial charge is 0.387 e. The van der Waals surface area contributed by atoms with Gasteiger partial charge in [0.25, 0.3) is 0 Å². The molecule has 1 rings (SSSR count). The molecule has 1 saturated carbocycles. The second kappa shape index (κ2) is 6.11. The van der Waals surface area contributed by atoms with Gasteiger partial charge in [-0.2, -0.15) is 0 Å². The van der Waals surface area contributed by atoms with Gasteiger partial charge in [0, 0.05) is 34.4 Å². The summed E-state index contributed by atoms with van der Waals surface area (Å²) in [5.74, 6) is 0.0938. The summed E-state index contributed by atoms with van der Waals surface area (Å²) in [6.45, 7) is 2.30. The smallest absolute Gasteiger partial charge is 0.114 e. The zero-order valence-corrected chi connectivity index (χ0v) is 11.3. The average Bonchev–Trinajstić information content (AvgIpc) is 2.27. The van der Waals surface area contributed by atoms with Crippen molar-refractivity contribution < 1.29 is 24.1 Å². The third-order valence-corrected chi connectivity index (χ3v) is 3.55. The van der Waals surface area contributed by atoms with Crippen molar-refractivity contribution >= 4 is 0 Å². The van der Waals surface area contributed by atoms with E-state index in [-0.39, 0.29) is 18.1 Å². The highest BCUT2D eigenvalue weighted by Gasteiger charge is 2.51. The van der Waals surface area contributed by atoms with E-state index in [2.05, 4.69) is 0 Å². The van der Waals surface area contributed by atoms with Gasteiger partial charge >= 0.3 is 0 Å². The second-order valence-corrected chi connectivity index (χ2v) is 4.83. The van der Waals surface area contributed by atoms with Crippen molar-refractivity contribution in [1.82, 2.24) is 0 Å². The van der Waals surface area contributed by atoms with Crippen LogP contribution in [0.15, 0.2) is 0 Å². The summed E-state index contributed by atoms with van der Waals surface area (Å²) in [4.78, 5) is 0. The molecule has 102 valence electrons. The minimum absolute atomic E-state index is 0.0938. The van der Waals surface area contributed by atoms with Crippen molar-refractivity contribution in [2.75, 3.05) is 35.0 Å². The molecule has 1 aliphatic carbocycles. The molecule has 0 aromatic heterocycles. The van der Waals surface area contributed by atoms with Gasteiger partial charge in [0.05, 0.1) is 18.3 Å². The molecule has 0 aromatic carbocycles. The van der Waals surface area contributed by atoms with E-state index >= 15 is 0 Å². The molecule has 5 heteroatoms. The van der Waals surface area contributed by atoms with Crippen molar-refractivity contribution in [3.63, 3.8) is 0 Å². The summed E-state index contributed by atoms with van der Waals surface area (Å²) in [5, 5.41) is 10.4. The Bertz CT molecular complexity index is 231. The summed E-state index contributed by atoms with van der Waals surface area (Å²) in [6, 6.07) is 0. The highest BCUT2D eigenvalue weighted by molar-refractivity contribution is 5.01. The normalized spacial score (nSPS) is 42.7. The van der Waals surface area contributed by atoms with E-state index in [4.69, 9.17) is 18.9 Å². The Kier molecular flexibility index (Phi) is 5.34. The Morgan fingerprint density at radius 1 is 1.06 bits per heavy atom. The number of hydrogen-bond donors (Lipinski definition) is 1. The van der Waals surface area contributed by atoms with E-state index in [1.165, 1.54) is 0 Å². The minimum atomic E-state index is -0.937. The summed E-state index contributed by atoms with van der Waals surface area (Å²) in [7, 11) is 6.47. The van der Waals surface area contributed by atoms with Crippen LogP contribution in [0.1, 0.15) is 13.3 Å². The first-order valence-electron chi connectivity index (χ1n) is 5.81. The highest BCUT2D eigenvalue weighted by atomic mass is 16.6. The van der Waals surface area contributed by atoms with Crippen molar-refractivity contribution in [2.45, 2.75) is 37.3 Å². The second-order valence-electron chi connectivity index (χ2n) is 4.83. The number of methoxy groups -OCH3 is 4. The quantitative estimate of drug-likeness (QED) is 0.765. The van der Waals surface area contributed by atoms with Crippen LogP contribution in [0.4, 0.5) is 0 Å². The van der Waals surface area contributed by atoms with Gasteiger partial charge in [0.1, 0.15) is 12.2 Å². The van der Waals surface area contributed by atoms with Crippen molar-refractivity contribution in [3.05, 3.63) is 0 Å². The molecule has 0 bridgehead atoms. The molecule has 0 radical (unpaired) electrons. The molecular formula is C12H24O5. The maximum absolute atomic E-state index is 10.4. The van der Waals surface area contributed by atoms with Crippen LogP contribution in [-0.4, -0.2) is 64.1 Å². The molecule has 0 saturated heterocycles. The molecule has 0 spiro atoms. The lowest BCUT2D eigenvalue weighted by Crippen LogP contribution is -2.62. The molecule has 1 aliphatic rings. The fourth-order valence-electron chi connectivity index (χ4n) is 2.90. The molecular weight excluding hydrogens is 224 g/mol. The molecule has 0 aliphatic heterocycles. The van der Waals surface area contributed by atoms with Crippen LogP contribution in [0.5, 0.6) is 0 Å². The highest BCUT2D eigenvalue weighted by Crippen LogP contribution is 2.37. The van der Waals surface area contributed by atoms with Gasteiger partial charge in [-0.1, -0.05) is 0 Å². The fourth-order valence-corrected chi connectivity index (χ4v) is 2.90. The number of hydrogen-bond acceptors (Lipinski definition) is 5. The van der Waals surface area contributed by atoms with Crippen LogP contribution in [0.25, 0.3) is 0 Å². The number of ether oxygens (including phenoxy) is 4. The third-order valence-electron chi connectivity index (χ3n) is 3.55. The van der Waals surface area contributed by atoms with E-state index in [0.717, 1.165) is 0 Å². The SMILES string of the molecule is COC[C@H]1CC(C)(O)[C@H](OC)[C@@H](OC)[C@@H]1OC. The average molecular weight is 248 g/mol. The molecule has 17 heavy (non-hydrogen) atoms. The van der Waals surface area contributed by atoms with Gasteiger partial charge in [-0.15, -0.1) is 0 Å². The summed E-state index contributed by atoms with van der Waals surface area (Å²) >= 11 is 0. The maximum Gasteiger partial charge on any atom is 0.114 e. The third kappa shape index (κ3) is 2.98. The standard InChI is InChI=1S/C12H24O5/c1-12(13)6-8(7-14-2)9(15-3)10(16-4)11(12)17-5/h8-11,13H,6-7H2,1-5H3/t8-,9-,10+,11-,12?/m1/s1. The van der Waals surface area contributed by atoms with Gasteiger partial charge in [0.2, 0.25) is 0 Å². The predicted octanol–water partition coefficient (Wildman–Crippen LogP) is 0.449. The topological polar surface area (TPSA) is 57.2 Å². The molecule has 0 heterocycles. The first-order chi connectivity index (χ1) is 8.01. The van der Waals surface area contributed by atoms with Crippen LogP contribution in [0.2, 0.25) is 0 Å². The fraction of sp³-hybridized carbons (Fsp3) is 1.00. The Balaban J connectivity index is 2.93. The predicted molar refractivity (Wildman–Crippen MR) is 63.0 cm³/mol. The first-order valence-corrected chi connectivity index (χ1v) is 5.81. The van der Waals surface area contributed by atoms with Gasteiger partial charge in [-0.3, -0.25) is 0 Å². The molecule has 0 amide bonds. The van der Waals surface area contributed by atoms with Gasteiger partial charge in [-0.25, -0.2) is 0 Å². The summed E-state index contributed by atoms with van der Waals surface area (Å²) < 4.78 is 21.5. The lowest BCUT2D eigenvalue weighted by molar-refractivity contribution is -0.225. The van der Waals surface area contributed by atoms with Crippen molar-refractivity contribution in [2.24, 2.45) is 5.92 Å². The lowest BCUT2D eigenvalue weighted by Gasteiger charge is -2.48. The van der Waals surface area contributed by atoms with Crippen LogP contribution in [-0.2, 0) is 18.9 Å². The zero-order chi connectivity index (χ0) is 13.1. The lowest BCUT2D eigenvalue weighted by atomic mass is 9.73. The summed E-state index contributed by atoms with van der Waals surface area (Å²) in [5.41, 5.74) is -0.937. The minimum Gasteiger partial charge on any atom is -0.387 e. The van der Waals surface area contributed by atoms with E-state index in [0.29, 0.717) is 13.0 Å². The van der Waals surface area contributed by atoms with E-state index in [9.17, 15) is 5.11 Å². The zero-order valence-electron chi connectivity index (χ0n) is 11.3. The Labute approximate surface area is 103 Å². The van der Waals surface area contributed by atoms with Gasteiger partial charge in [-0.05, 0) is 13.3 Å². The molecule has 1 unspecified atom stereocenters. The van der Waals surface area contributed by atoms with Crippen molar-refractivity contribution in [3.8, 4) is 0 Å². The Hall–Kier alpha value is -0.200. The first kappa shape index (κ1) is 14.9.